The van der Waals surface area contributed by atoms with E-state index in [1.165, 1.54) is 0 Å². The molecule has 2 aliphatic heterocycles. The number of fused-ring (bicyclic) bond motifs is 4. The van der Waals surface area contributed by atoms with Crippen LogP contribution in [0.3, 0.4) is 0 Å². The van der Waals surface area contributed by atoms with Gasteiger partial charge in [-0.2, -0.15) is 0 Å². The number of aryl methyl sites for hydroxylation is 2. The average Bonchev–Trinajstić information content (AvgIpc) is 2.91. The van der Waals surface area contributed by atoms with E-state index in [-0.39, 0.29) is 18.2 Å². The third-order valence-electron chi connectivity index (χ3n) is 7.11. The lowest BCUT2D eigenvalue weighted by Gasteiger charge is -2.33. The van der Waals surface area contributed by atoms with Gasteiger partial charge in [0.25, 0.3) is 0 Å². The fraction of sp³-hybridized carbons (Fsp3) is 0.519. The highest BCUT2D eigenvalue weighted by Gasteiger charge is 2.29. The molecule has 4 bridgehead atoms. The quantitative estimate of drug-likeness (QED) is 0.567. The number of nitrogens with zero attached hydrogens (tertiary/aromatic N) is 3. The smallest absolute Gasteiger partial charge is 0.242 e. The van der Waals surface area contributed by atoms with E-state index in [0.29, 0.717) is 50.7 Å². The molecule has 1 aromatic carbocycles. The number of carbonyl (C=O) groups excluding carboxylic acids is 3. The molecule has 4 rings (SSSR count). The number of nitrogens with two attached hydrogens (primary N) is 1. The second-order valence-electron chi connectivity index (χ2n) is 9.90. The number of aromatic nitrogens is 2. The van der Waals surface area contributed by atoms with Crippen LogP contribution in [-0.4, -0.2) is 64.4 Å². The first-order valence-corrected chi connectivity index (χ1v) is 13.0. The Morgan fingerprint density at radius 3 is 2.84 bits per heavy atom. The van der Waals surface area contributed by atoms with Crippen LogP contribution >= 0.6 is 0 Å². The van der Waals surface area contributed by atoms with Crippen LogP contribution < -0.4 is 21.1 Å². The van der Waals surface area contributed by atoms with Crippen LogP contribution in [0.25, 0.3) is 0 Å². The number of piperidine rings is 1. The molecule has 1 fully saturated rings. The van der Waals surface area contributed by atoms with Gasteiger partial charge in [-0.15, -0.1) is 0 Å². The first kappa shape index (κ1) is 26.5. The lowest BCUT2D eigenvalue weighted by Crippen LogP contribution is -2.53. The van der Waals surface area contributed by atoms with E-state index in [1.54, 1.807) is 23.5 Å². The Morgan fingerprint density at radius 2 is 2.03 bits per heavy atom. The van der Waals surface area contributed by atoms with Gasteiger partial charge in [-0.25, -0.2) is 0 Å². The molecular formula is C27H36N6O4. The van der Waals surface area contributed by atoms with Crippen molar-refractivity contribution in [2.45, 2.75) is 64.1 Å². The number of hydrogen-bond acceptors (Lipinski definition) is 7. The predicted octanol–water partition coefficient (Wildman–Crippen LogP) is 1.26. The molecule has 0 aliphatic carbocycles. The van der Waals surface area contributed by atoms with Crippen LogP contribution in [0.1, 0.15) is 48.9 Å². The van der Waals surface area contributed by atoms with Crippen LogP contribution in [0, 0.1) is 12.8 Å². The largest absolute Gasteiger partial charge is 0.494 e. The number of ether oxygens (including phenoxy) is 1. The molecular weight excluding hydrogens is 472 g/mol. The minimum Gasteiger partial charge on any atom is -0.494 e. The number of nitrogens with one attached hydrogen (secondary N) is 2. The Balaban J connectivity index is 1.53. The topological polar surface area (TPSA) is 140 Å². The minimum atomic E-state index is -1.04. The predicted molar refractivity (Wildman–Crippen MR) is 137 cm³/mol. The van der Waals surface area contributed by atoms with Crippen molar-refractivity contribution in [1.29, 1.82) is 0 Å². The fourth-order valence-corrected chi connectivity index (χ4v) is 4.81. The van der Waals surface area contributed by atoms with Crippen LogP contribution in [0.2, 0.25) is 0 Å². The highest BCUT2D eigenvalue weighted by atomic mass is 16.5. The van der Waals surface area contributed by atoms with E-state index in [4.69, 9.17) is 10.5 Å². The van der Waals surface area contributed by atoms with Gasteiger partial charge >= 0.3 is 0 Å². The first-order chi connectivity index (χ1) is 17.9. The summed E-state index contributed by atoms with van der Waals surface area (Å²) in [6.07, 6.45) is 8.24. The Bertz CT molecular complexity index is 1100. The van der Waals surface area contributed by atoms with Crippen molar-refractivity contribution in [3.8, 4) is 5.75 Å². The van der Waals surface area contributed by atoms with Crippen molar-refractivity contribution >= 4 is 17.7 Å². The van der Waals surface area contributed by atoms with Crippen LogP contribution in [0.4, 0.5) is 0 Å². The molecule has 4 N–H and O–H groups in total. The molecule has 1 saturated heterocycles. The Hall–Kier alpha value is -3.53. The zero-order chi connectivity index (χ0) is 26.2. The van der Waals surface area contributed by atoms with E-state index in [1.807, 2.05) is 25.1 Å². The standard InChI is InChI=1S/C27H36N6O4/c1-18-4-6-22-13-20(18)15-31-27(36)24(7-5-21-16-29-9-10-30-21)32-26(35)23(28)14-25(34)33-11-2-3-19(17-33)8-12-37-22/h4,6,9-10,13,16,19,23-24H,2-3,5,7-8,11-12,14-15,17,28H2,1H3,(H,31,36)(H,32,35)/t19?,23-,24?/m0/s1. The molecule has 2 aromatic rings. The van der Waals surface area contributed by atoms with Crippen molar-refractivity contribution in [3.05, 3.63) is 53.6 Å². The van der Waals surface area contributed by atoms with E-state index < -0.39 is 18.0 Å². The summed E-state index contributed by atoms with van der Waals surface area (Å²) in [5, 5.41) is 5.71. The summed E-state index contributed by atoms with van der Waals surface area (Å²) in [5.74, 6) is 0.1000. The van der Waals surface area contributed by atoms with Gasteiger partial charge in [-0.1, -0.05) is 6.07 Å². The molecule has 198 valence electrons. The zero-order valence-electron chi connectivity index (χ0n) is 21.3. The maximum atomic E-state index is 13.2. The molecule has 0 saturated carbocycles. The van der Waals surface area contributed by atoms with Crippen molar-refractivity contribution in [2.24, 2.45) is 11.7 Å². The van der Waals surface area contributed by atoms with Crippen molar-refractivity contribution in [3.63, 3.8) is 0 Å². The lowest BCUT2D eigenvalue weighted by molar-refractivity contribution is -0.136. The summed E-state index contributed by atoms with van der Waals surface area (Å²) in [6, 6.07) is 3.97. The van der Waals surface area contributed by atoms with Gasteiger partial charge in [0.2, 0.25) is 17.7 Å². The Labute approximate surface area is 217 Å². The maximum Gasteiger partial charge on any atom is 0.242 e. The third-order valence-corrected chi connectivity index (χ3v) is 7.11. The number of rotatable bonds is 3. The summed E-state index contributed by atoms with van der Waals surface area (Å²) < 4.78 is 6.03. The molecule has 3 heterocycles. The van der Waals surface area contributed by atoms with E-state index >= 15 is 0 Å². The zero-order valence-corrected chi connectivity index (χ0v) is 21.3. The molecule has 10 heteroatoms. The molecule has 2 unspecified atom stereocenters. The summed E-state index contributed by atoms with van der Waals surface area (Å²) >= 11 is 0. The number of hydrogen-bond donors (Lipinski definition) is 3. The lowest BCUT2D eigenvalue weighted by atomic mass is 9.94. The highest BCUT2D eigenvalue weighted by Crippen LogP contribution is 2.23. The van der Waals surface area contributed by atoms with Gasteiger partial charge in [-0.05, 0) is 68.2 Å². The van der Waals surface area contributed by atoms with Gasteiger partial charge in [0.05, 0.1) is 24.8 Å². The van der Waals surface area contributed by atoms with Gasteiger partial charge in [0.1, 0.15) is 11.8 Å². The molecule has 3 atom stereocenters. The molecule has 0 radical (unpaired) electrons. The summed E-state index contributed by atoms with van der Waals surface area (Å²) in [6.45, 7) is 4.13. The number of amides is 3. The van der Waals surface area contributed by atoms with E-state index in [2.05, 4.69) is 20.6 Å². The number of carbonyl (C=O) groups is 3. The fourth-order valence-electron chi connectivity index (χ4n) is 4.81. The molecule has 3 amide bonds. The second kappa shape index (κ2) is 12.6. The average molecular weight is 509 g/mol. The highest BCUT2D eigenvalue weighted by molar-refractivity contribution is 5.92. The molecule has 10 nitrogen and oxygen atoms in total. The Morgan fingerprint density at radius 1 is 1.16 bits per heavy atom. The third kappa shape index (κ3) is 7.48. The molecule has 2 aliphatic rings. The summed E-state index contributed by atoms with van der Waals surface area (Å²) in [7, 11) is 0. The SMILES string of the molecule is Cc1ccc2cc1CNC(=O)C(CCc1cnccn1)NC(=O)[C@@H](N)CC(=O)N1CCCC(CCO2)C1. The van der Waals surface area contributed by atoms with Crippen LogP contribution in [0.15, 0.2) is 36.8 Å². The van der Waals surface area contributed by atoms with Gasteiger partial charge in [-0.3, -0.25) is 24.4 Å². The molecule has 37 heavy (non-hydrogen) atoms. The molecule has 1 aromatic heterocycles. The minimum absolute atomic E-state index is 0.0999. The van der Waals surface area contributed by atoms with E-state index in [9.17, 15) is 14.4 Å². The van der Waals surface area contributed by atoms with Gasteiger partial charge in [0.15, 0.2) is 0 Å². The normalized spacial score (nSPS) is 23.8. The first-order valence-electron chi connectivity index (χ1n) is 13.0. The van der Waals surface area contributed by atoms with E-state index in [0.717, 1.165) is 36.1 Å². The van der Waals surface area contributed by atoms with Crippen LogP contribution in [-0.2, 0) is 27.3 Å². The van der Waals surface area contributed by atoms with Crippen LogP contribution in [0.5, 0.6) is 5.75 Å². The second-order valence-corrected chi connectivity index (χ2v) is 9.90. The summed E-state index contributed by atoms with van der Waals surface area (Å²) in [5.41, 5.74) is 8.82. The van der Waals surface area contributed by atoms with Gasteiger partial charge in [0, 0.05) is 38.2 Å². The van der Waals surface area contributed by atoms with Crippen molar-refractivity contribution in [2.75, 3.05) is 19.7 Å². The van der Waals surface area contributed by atoms with Crippen molar-refractivity contribution < 1.29 is 19.1 Å². The Kier molecular flexibility index (Phi) is 9.05. The monoisotopic (exact) mass is 508 g/mol. The maximum absolute atomic E-state index is 13.2. The molecule has 0 spiro atoms. The summed E-state index contributed by atoms with van der Waals surface area (Å²) in [4.78, 5) is 49.2. The number of benzene rings is 1. The van der Waals surface area contributed by atoms with Crippen molar-refractivity contribution in [1.82, 2.24) is 25.5 Å². The van der Waals surface area contributed by atoms with Gasteiger partial charge < -0.3 is 26.0 Å².